The van der Waals surface area contributed by atoms with E-state index < -0.39 is 0 Å². The molecule has 9 heteroatoms. The van der Waals surface area contributed by atoms with Crippen molar-refractivity contribution in [1.82, 2.24) is 20.5 Å². The van der Waals surface area contributed by atoms with Crippen LogP contribution in [0.25, 0.3) is 11.6 Å². The number of aromatic nitrogens is 1. The molecule has 214 valence electrons. The molecule has 1 aromatic heterocycles. The quantitative estimate of drug-likeness (QED) is 0.291. The summed E-state index contributed by atoms with van der Waals surface area (Å²) in [7, 11) is 1.61. The fraction of sp³-hybridized carbons (Fsp3) is 0.344. The number of hydrogen-bond acceptors (Lipinski definition) is 5. The van der Waals surface area contributed by atoms with Gasteiger partial charge in [-0.3, -0.25) is 14.4 Å². The number of aryl methyl sites for hydroxylation is 1. The second-order valence-electron chi connectivity index (χ2n) is 10.7. The van der Waals surface area contributed by atoms with Crippen LogP contribution >= 0.6 is 0 Å². The van der Waals surface area contributed by atoms with Gasteiger partial charge >= 0.3 is 0 Å². The number of carbonyl (C=O) groups excluding carboxylic acids is 3. The first-order valence-electron chi connectivity index (χ1n) is 14.1. The fourth-order valence-corrected chi connectivity index (χ4v) is 5.56. The molecule has 2 aromatic carbocycles. The molecule has 0 aliphatic carbocycles. The van der Waals surface area contributed by atoms with Gasteiger partial charge in [0.1, 0.15) is 5.75 Å². The zero-order valence-electron chi connectivity index (χ0n) is 24.0. The van der Waals surface area contributed by atoms with E-state index in [2.05, 4.69) is 25.8 Å². The van der Waals surface area contributed by atoms with Gasteiger partial charge in [0.05, 0.1) is 24.3 Å². The number of likely N-dealkylation sites (tertiary alicyclic amines) is 1. The van der Waals surface area contributed by atoms with Crippen molar-refractivity contribution >= 4 is 35.1 Å². The predicted molar refractivity (Wildman–Crippen MR) is 160 cm³/mol. The average Bonchev–Trinajstić information content (AvgIpc) is 3.66. The molecule has 1 atom stereocenters. The monoisotopic (exact) mass is 555 g/mol. The van der Waals surface area contributed by atoms with Gasteiger partial charge in [-0.25, -0.2) is 0 Å². The molecule has 0 saturated carbocycles. The number of benzene rings is 2. The predicted octanol–water partition coefficient (Wildman–Crippen LogP) is 4.45. The number of anilines is 1. The maximum Gasteiger partial charge on any atom is 0.256 e. The number of carbonyl (C=O) groups is 3. The minimum absolute atomic E-state index is 0.115. The second-order valence-corrected chi connectivity index (χ2v) is 10.7. The molecule has 5 rings (SSSR count). The van der Waals surface area contributed by atoms with E-state index in [0.29, 0.717) is 40.2 Å². The molecule has 3 aromatic rings. The van der Waals surface area contributed by atoms with Crippen molar-refractivity contribution in [3.05, 3.63) is 81.7 Å². The van der Waals surface area contributed by atoms with Gasteiger partial charge in [0, 0.05) is 41.3 Å². The summed E-state index contributed by atoms with van der Waals surface area (Å²) in [5.41, 5.74) is 6.02. The second kappa shape index (κ2) is 12.0. The fourth-order valence-electron chi connectivity index (χ4n) is 5.56. The van der Waals surface area contributed by atoms with Gasteiger partial charge in [-0.1, -0.05) is 18.2 Å². The Labute approximate surface area is 240 Å². The van der Waals surface area contributed by atoms with Crippen LogP contribution in [-0.4, -0.2) is 60.9 Å². The van der Waals surface area contributed by atoms with Gasteiger partial charge in [-0.15, -0.1) is 0 Å². The SMILES string of the molecule is COc1ccc([C@H](C)NC(=O)c2ccc3c(c2)NC(=O)C3=Cc2[nH]c(C)c(C(=O)NCCN3CCCC3)c2C)cc1. The molecule has 2 aliphatic heterocycles. The van der Waals surface area contributed by atoms with Crippen LogP contribution in [0.3, 0.4) is 0 Å². The summed E-state index contributed by atoms with van der Waals surface area (Å²) in [5, 5.41) is 8.93. The zero-order chi connectivity index (χ0) is 29.1. The van der Waals surface area contributed by atoms with E-state index in [1.54, 1.807) is 31.4 Å². The lowest BCUT2D eigenvalue weighted by Crippen LogP contribution is -2.33. The van der Waals surface area contributed by atoms with Crippen LogP contribution < -0.4 is 20.7 Å². The van der Waals surface area contributed by atoms with Crippen molar-refractivity contribution in [1.29, 1.82) is 0 Å². The van der Waals surface area contributed by atoms with Crippen LogP contribution in [0, 0.1) is 13.8 Å². The number of ether oxygens (including phenoxy) is 1. The third-order valence-electron chi connectivity index (χ3n) is 7.93. The summed E-state index contributed by atoms with van der Waals surface area (Å²) in [6.45, 7) is 9.30. The molecule has 2 aliphatic rings. The van der Waals surface area contributed by atoms with Crippen molar-refractivity contribution in [2.24, 2.45) is 0 Å². The van der Waals surface area contributed by atoms with Crippen molar-refractivity contribution in [3.63, 3.8) is 0 Å². The van der Waals surface area contributed by atoms with Gasteiger partial charge in [0.25, 0.3) is 17.7 Å². The van der Waals surface area contributed by atoms with E-state index in [-0.39, 0.29) is 23.8 Å². The number of rotatable bonds is 9. The summed E-state index contributed by atoms with van der Waals surface area (Å²) in [5.74, 6) is 0.143. The Bertz CT molecular complexity index is 1500. The summed E-state index contributed by atoms with van der Waals surface area (Å²) in [6, 6.07) is 12.5. The van der Waals surface area contributed by atoms with Crippen molar-refractivity contribution in [2.75, 3.05) is 38.6 Å². The molecule has 0 bridgehead atoms. The number of amides is 3. The average molecular weight is 556 g/mol. The van der Waals surface area contributed by atoms with E-state index in [1.165, 1.54) is 12.8 Å². The van der Waals surface area contributed by atoms with Crippen molar-refractivity contribution in [2.45, 2.75) is 39.7 Å². The first-order chi connectivity index (χ1) is 19.7. The van der Waals surface area contributed by atoms with E-state index >= 15 is 0 Å². The smallest absolute Gasteiger partial charge is 0.256 e. The summed E-state index contributed by atoms with van der Waals surface area (Å²) < 4.78 is 5.20. The largest absolute Gasteiger partial charge is 0.497 e. The number of nitrogens with one attached hydrogen (secondary N) is 4. The third kappa shape index (κ3) is 6.05. The number of hydrogen-bond donors (Lipinski definition) is 4. The van der Waals surface area contributed by atoms with Gasteiger partial charge in [-0.2, -0.15) is 0 Å². The lowest BCUT2D eigenvalue weighted by molar-refractivity contribution is -0.110. The zero-order valence-corrected chi connectivity index (χ0v) is 24.0. The highest BCUT2D eigenvalue weighted by Crippen LogP contribution is 2.35. The third-order valence-corrected chi connectivity index (χ3v) is 7.93. The Morgan fingerprint density at radius 1 is 1.07 bits per heavy atom. The Morgan fingerprint density at radius 3 is 2.51 bits per heavy atom. The van der Waals surface area contributed by atoms with E-state index in [9.17, 15) is 14.4 Å². The van der Waals surface area contributed by atoms with Gasteiger partial charge in [-0.05, 0) is 88.2 Å². The molecule has 0 unspecified atom stereocenters. The maximum atomic E-state index is 13.0. The number of fused-ring (bicyclic) bond motifs is 1. The van der Waals surface area contributed by atoms with Crippen LogP contribution in [0.4, 0.5) is 5.69 Å². The molecule has 9 nitrogen and oxygen atoms in total. The molecule has 3 heterocycles. The first kappa shape index (κ1) is 28.2. The Hall–Kier alpha value is -4.37. The normalized spacial score (nSPS) is 16.4. The molecular formula is C32H37N5O4. The van der Waals surface area contributed by atoms with Crippen LogP contribution in [0.2, 0.25) is 0 Å². The maximum absolute atomic E-state index is 13.0. The summed E-state index contributed by atoms with van der Waals surface area (Å²) in [6.07, 6.45) is 4.21. The topological polar surface area (TPSA) is 116 Å². The van der Waals surface area contributed by atoms with Gasteiger partial charge in [0.2, 0.25) is 0 Å². The molecule has 0 spiro atoms. The van der Waals surface area contributed by atoms with E-state index in [4.69, 9.17) is 4.74 Å². The Kier molecular flexibility index (Phi) is 8.26. The number of H-pyrrole nitrogens is 1. The molecule has 3 amide bonds. The van der Waals surface area contributed by atoms with Crippen LogP contribution in [0.15, 0.2) is 42.5 Å². The molecule has 1 fully saturated rings. The standard InChI is InChI=1S/C32H37N5O4/c1-19-27(34-21(3)29(19)32(40)33-13-16-37-14-5-6-15-37)18-26-25-12-9-23(17-28(25)36-31(26)39)30(38)35-20(2)22-7-10-24(41-4)11-8-22/h7-12,17-18,20,34H,5-6,13-16H2,1-4H3,(H,33,40)(H,35,38)(H,36,39)/t20-/m0/s1. The highest BCUT2D eigenvalue weighted by molar-refractivity contribution is 6.35. The minimum atomic E-state index is -0.257. The van der Waals surface area contributed by atoms with Crippen LogP contribution in [0.1, 0.15) is 74.6 Å². The molecule has 4 N–H and O–H groups in total. The van der Waals surface area contributed by atoms with E-state index in [0.717, 1.165) is 42.2 Å². The summed E-state index contributed by atoms with van der Waals surface area (Å²) >= 11 is 0. The lowest BCUT2D eigenvalue weighted by atomic mass is 10.0. The van der Waals surface area contributed by atoms with Crippen LogP contribution in [0.5, 0.6) is 5.75 Å². The number of nitrogens with zero attached hydrogens (tertiary/aromatic N) is 1. The van der Waals surface area contributed by atoms with Crippen molar-refractivity contribution in [3.8, 4) is 5.75 Å². The Morgan fingerprint density at radius 2 is 1.80 bits per heavy atom. The number of methoxy groups -OCH3 is 1. The van der Waals surface area contributed by atoms with Gasteiger partial charge < -0.3 is 30.6 Å². The lowest BCUT2D eigenvalue weighted by Gasteiger charge is -2.15. The molecular weight excluding hydrogens is 518 g/mol. The minimum Gasteiger partial charge on any atom is -0.497 e. The molecule has 41 heavy (non-hydrogen) atoms. The van der Waals surface area contributed by atoms with E-state index in [1.807, 2.05) is 45.0 Å². The van der Waals surface area contributed by atoms with Crippen molar-refractivity contribution < 1.29 is 19.1 Å². The highest BCUT2D eigenvalue weighted by Gasteiger charge is 2.27. The number of aromatic amines is 1. The van der Waals surface area contributed by atoms with Crippen LogP contribution in [-0.2, 0) is 4.79 Å². The summed E-state index contributed by atoms with van der Waals surface area (Å²) in [4.78, 5) is 44.6. The van der Waals surface area contributed by atoms with Gasteiger partial charge in [0.15, 0.2) is 0 Å². The molecule has 0 radical (unpaired) electrons. The first-order valence-corrected chi connectivity index (χ1v) is 14.1. The highest BCUT2D eigenvalue weighted by atomic mass is 16.5. The Balaban J connectivity index is 1.29. The molecule has 1 saturated heterocycles.